The van der Waals surface area contributed by atoms with Gasteiger partial charge in [0, 0.05) is 0 Å². The summed E-state index contributed by atoms with van der Waals surface area (Å²) < 4.78 is 71.1. The van der Waals surface area contributed by atoms with Gasteiger partial charge in [-0.15, -0.1) is 0 Å². The highest BCUT2D eigenvalue weighted by molar-refractivity contribution is 7.66. The Morgan fingerprint density at radius 1 is 1.22 bits per heavy atom. The summed E-state index contributed by atoms with van der Waals surface area (Å²) in [6, 6.07) is 0. The zero-order chi connectivity index (χ0) is 24.3. The molecular formula is C11H16FN2O15P3. The van der Waals surface area contributed by atoms with E-state index in [0.29, 0.717) is 10.8 Å². The molecule has 1 aromatic rings. The molecule has 0 aromatic carbocycles. The van der Waals surface area contributed by atoms with Crippen LogP contribution in [-0.2, 0) is 36.3 Å². The van der Waals surface area contributed by atoms with E-state index in [2.05, 4.69) is 13.1 Å². The van der Waals surface area contributed by atoms with Crippen molar-refractivity contribution in [3.8, 4) is 0 Å². The predicted octanol–water partition coefficient (Wildman–Crippen LogP) is -1.57. The van der Waals surface area contributed by atoms with E-state index in [1.54, 1.807) is 4.98 Å². The van der Waals surface area contributed by atoms with E-state index in [0.717, 1.165) is 6.92 Å². The lowest BCUT2D eigenvalue weighted by molar-refractivity contribution is -0.204. The van der Waals surface area contributed by atoms with Crippen molar-refractivity contribution in [2.24, 2.45) is 0 Å². The highest BCUT2D eigenvalue weighted by Crippen LogP contribution is 2.67. The molecule has 2 fully saturated rings. The smallest absolute Gasteiger partial charge is 0.387 e. The molecule has 3 heterocycles. The summed E-state index contributed by atoms with van der Waals surface area (Å²) in [7, 11) is -17.0. The number of halogens is 1. The van der Waals surface area contributed by atoms with E-state index in [4.69, 9.17) is 19.3 Å². The Hall–Kier alpha value is -1.10. The first-order valence-corrected chi connectivity index (χ1v) is 12.8. The van der Waals surface area contributed by atoms with Gasteiger partial charge in [0.2, 0.25) is 5.82 Å². The van der Waals surface area contributed by atoms with E-state index < -0.39 is 77.3 Å². The number of rotatable bonds is 8. The van der Waals surface area contributed by atoms with E-state index in [1.807, 2.05) is 0 Å². The lowest BCUT2D eigenvalue weighted by Gasteiger charge is -2.35. The number of aromatic amines is 1. The minimum Gasteiger partial charge on any atom is -0.387 e. The first kappa shape index (κ1) is 25.5. The van der Waals surface area contributed by atoms with Gasteiger partial charge in [0.15, 0.2) is 6.23 Å². The number of aliphatic hydroxyl groups excluding tert-OH is 1. The van der Waals surface area contributed by atoms with Crippen molar-refractivity contribution < 1.29 is 65.4 Å². The monoisotopic (exact) mass is 528 g/mol. The Morgan fingerprint density at radius 2 is 1.84 bits per heavy atom. The van der Waals surface area contributed by atoms with Gasteiger partial charge in [-0.2, -0.15) is 13.0 Å². The first-order valence-electron chi connectivity index (χ1n) is 8.27. The average Bonchev–Trinajstić information content (AvgIpc) is 3.05. The maximum absolute atomic E-state index is 13.6. The average molecular weight is 528 g/mol. The Balaban J connectivity index is 1.82. The number of phosphoric ester groups is 1. The maximum Gasteiger partial charge on any atom is 0.490 e. The molecule has 7 atom stereocenters. The van der Waals surface area contributed by atoms with Crippen LogP contribution in [0.25, 0.3) is 0 Å². The fourth-order valence-electron chi connectivity index (χ4n) is 3.22. The molecule has 0 saturated carbocycles. The van der Waals surface area contributed by atoms with Crippen LogP contribution in [0.2, 0.25) is 0 Å². The number of hydrogen-bond donors (Lipinski definition) is 6. The molecule has 1 aromatic heterocycles. The summed E-state index contributed by atoms with van der Waals surface area (Å²) in [5, 5.41) is 10.5. The van der Waals surface area contributed by atoms with Crippen LogP contribution in [0, 0.1) is 5.82 Å². The quantitative estimate of drug-likeness (QED) is 0.209. The van der Waals surface area contributed by atoms with Gasteiger partial charge in [-0.1, -0.05) is 0 Å². The van der Waals surface area contributed by atoms with Crippen LogP contribution in [0.15, 0.2) is 15.8 Å². The molecule has 2 aliphatic heterocycles. The zero-order valence-electron chi connectivity index (χ0n) is 15.6. The maximum atomic E-state index is 13.6. The van der Waals surface area contributed by atoms with Crippen LogP contribution in [0.3, 0.4) is 0 Å². The topological polar surface area (TPSA) is 253 Å². The minimum atomic E-state index is -5.79. The number of fused-ring (bicyclic) bond motifs is 2. The molecule has 182 valence electrons. The van der Waals surface area contributed by atoms with E-state index >= 15 is 0 Å². The number of H-pyrrole nitrogens is 1. The van der Waals surface area contributed by atoms with Crippen LogP contribution in [0.5, 0.6) is 0 Å². The van der Waals surface area contributed by atoms with Gasteiger partial charge >= 0.3 is 29.2 Å². The number of aromatic nitrogens is 2. The lowest BCUT2D eigenvalue weighted by atomic mass is 9.94. The van der Waals surface area contributed by atoms with Crippen LogP contribution >= 0.6 is 23.5 Å². The van der Waals surface area contributed by atoms with Crippen LogP contribution in [0.1, 0.15) is 13.2 Å². The SMILES string of the molecule is C[C@H](OP(=O)(O)OP(=O)(O)OP(=O)(O)O)[C@@]12CO[C@@H]([C@H](n3cc(F)c(=O)[nH]c3=O)O1)[C@@H]2O. The molecule has 6 N–H and O–H groups in total. The van der Waals surface area contributed by atoms with E-state index in [9.17, 15) is 42.6 Å². The van der Waals surface area contributed by atoms with Crippen molar-refractivity contribution in [1.29, 1.82) is 0 Å². The molecule has 0 spiro atoms. The molecule has 2 saturated heterocycles. The molecule has 3 rings (SSSR count). The zero-order valence-corrected chi connectivity index (χ0v) is 18.3. The normalized spacial score (nSPS) is 32.4. The highest BCUT2D eigenvalue weighted by atomic mass is 31.3. The van der Waals surface area contributed by atoms with Gasteiger partial charge in [-0.25, -0.2) is 18.5 Å². The molecule has 32 heavy (non-hydrogen) atoms. The predicted molar refractivity (Wildman–Crippen MR) is 94.3 cm³/mol. The van der Waals surface area contributed by atoms with Crippen molar-refractivity contribution >= 4 is 23.5 Å². The van der Waals surface area contributed by atoms with Crippen LogP contribution in [-0.4, -0.2) is 64.8 Å². The third kappa shape index (κ3) is 5.03. The highest BCUT2D eigenvalue weighted by Gasteiger charge is 2.65. The van der Waals surface area contributed by atoms with Gasteiger partial charge in [0.1, 0.15) is 23.9 Å². The number of nitrogens with one attached hydrogen (secondary N) is 1. The summed E-state index contributed by atoms with van der Waals surface area (Å²) >= 11 is 0. The van der Waals surface area contributed by atoms with Crippen LogP contribution < -0.4 is 11.2 Å². The van der Waals surface area contributed by atoms with Gasteiger partial charge in [-0.3, -0.25) is 18.9 Å². The summed E-state index contributed by atoms with van der Waals surface area (Å²) in [5.74, 6) is -1.36. The second-order valence-corrected chi connectivity index (χ2v) is 11.0. The molecular weight excluding hydrogens is 512 g/mol. The molecule has 17 nitrogen and oxygen atoms in total. The van der Waals surface area contributed by atoms with Gasteiger partial charge in [0.05, 0.1) is 12.8 Å². The van der Waals surface area contributed by atoms with E-state index in [1.165, 1.54) is 0 Å². The summed E-state index contributed by atoms with van der Waals surface area (Å²) in [5.41, 5.74) is -4.43. The van der Waals surface area contributed by atoms with E-state index in [-0.39, 0.29) is 0 Å². The Morgan fingerprint density at radius 3 is 2.44 bits per heavy atom. The second kappa shape index (κ2) is 8.29. The van der Waals surface area contributed by atoms with Crippen molar-refractivity contribution in [2.45, 2.75) is 37.1 Å². The number of hydrogen-bond acceptors (Lipinski definition) is 11. The van der Waals surface area contributed by atoms with Crippen molar-refractivity contribution in [2.75, 3.05) is 6.61 Å². The standard InChI is InChI=1S/C11H16FN2O15P3/c1-4(27-31(21,22)29-32(23,24)28-30(18,19)20)11-3-25-6(7(11)15)9(26-11)14-2-5(12)8(16)13-10(14)17/h2,4,6-7,9,15H,3H2,1H3,(H,21,22)(H,23,24)(H,13,16,17)(H2,18,19,20)/t4-,6+,7-,9+,11+/m0/s1. The number of aliphatic hydroxyl groups is 1. The number of nitrogens with zero attached hydrogens (tertiary/aromatic N) is 1. The number of phosphoric acid groups is 3. The Kier molecular flexibility index (Phi) is 6.61. The van der Waals surface area contributed by atoms with Crippen molar-refractivity contribution in [3.63, 3.8) is 0 Å². The molecule has 0 aliphatic carbocycles. The van der Waals surface area contributed by atoms with Crippen molar-refractivity contribution in [3.05, 3.63) is 32.9 Å². The van der Waals surface area contributed by atoms with Gasteiger partial charge in [-0.05, 0) is 6.92 Å². The third-order valence-corrected chi connectivity index (χ3v) is 8.44. The summed E-state index contributed by atoms with van der Waals surface area (Å²) in [6.45, 7) is 0.540. The summed E-state index contributed by atoms with van der Waals surface area (Å²) in [4.78, 5) is 60.9. The number of ether oxygens (including phenoxy) is 2. The Labute approximate surface area is 175 Å². The van der Waals surface area contributed by atoms with Gasteiger partial charge in [0.25, 0.3) is 5.56 Å². The van der Waals surface area contributed by atoms with Crippen LogP contribution in [0.4, 0.5) is 4.39 Å². The Bertz CT molecular complexity index is 1160. The van der Waals surface area contributed by atoms with Crippen molar-refractivity contribution in [1.82, 2.24) is 9.55 Å². The fraction of sp³-hybridized carbons (Fsp3) is 0.636. The lowest BCUT2D eigenvalue weighted by Crippen LogP contribution is -2.51. The molecule has 0 radical (unpaired) electrons. The fourth-order valence-corrected chi connectivity index (χ4v) is 6.46. The second-order valence-electron chi connectivity index (χ2n) is 6.67. The molecule has 0 amide bonds. The molecule has 2 unspecified atom stereocenters. The molecule has 2 aliphatic rings. The summed E-state index contributed by atoms with van der Waals surface area (Å²) in [6.07, 6.45) is -5.71. The third-order valence-electron chi connectivity index (χ3n) is 4.53. The van der Waals surface area contributed by atoms with Gasteiger partial charge < -0.3 is 34.2 Å². The minimum absolute atomic E-state index is 0.489. The molecule has 21 heteroatoms. The molecule has 2 bridgehead atoms. The first-order chi connectivity index (χ1) is 14.5. The largest absolute Gasteiger partial charge is 0.490 e.